The van der Waals surface area contributed by atoms with Crippen LogP contribution in [0.2, 0.25) is 0 Å². The van der Waals surface area contributed by atoms with Crippen LogP contribution in [0.3, 0.4) is 0 Å². The molecule has 2 amide bonds. The number of hydrogen-bond acceptors (Lipinski definition) is 4. The van der Waals surface area contributed by atoms with E-state index in [1.54, 1.807) is 18.2 Å². The van der Waals surface area contributed by atoms with E-state index in [0.29, 0.717) is 16.9 Å². The first kappa shape index (κ1) is 20.0. The molecule has 0 aromatic heterocycles. The molecule has 146 valence electrons. The number of nitrogens with one attached hydrogen (secondary N) is 3. The lowest BCUT2D eigenvalue weighted by molar-refractivity contribution is -0.139. The fraction of sp³-hybridized carbons (Fsp3) is 0.250. The minimum absolute atomic E-state index is 0.0684. The Kier molecular flexibility index (Phi) is 6.76. The molecule has 3 N–H and O–H groups in total. The molecule has 1 aliphatic carbocycles. The number of benzene rings is 2. The van der Waals surface area contributed by atoms with Gasteiger partial charge in [-0.15, -0.1) is 0 Å². The second kappa shape index (κ2) is 9.45. The van der Waals surface area contributed by atoms with Crippen LogP contribution in [0.25, 0.3) is 0 Å². The summed E-state index contributed by atoms with van der Waals surface area (Å²) in [5.41, 5.74) is 4.34. The van der Waals surface area contributed by atoms with E-state index in [1.165, 1.54) is 18.3 Å². The summed E-state index contributed by atoms with van der Waals surface area (Å²) in [4.78, 5) is 23.8. The Hall–Kier alpha value is -2.74. The molecule has 2 aromatic rings. The smallest absolute Gasteiger partial charge is 0.329 e. The van der Waals surface area contributed by atoms with Crippen molar-refractivity contribution in [1.82, 2.24) is 10.7 Å². The minimum Gasteiger partial charge on any atom is -0.355 e. The highest BCUT2D eigenvalue weighted by Crippen LogP contribution is 2.23. The highest BCUT2D eigenvalue weighted by molar-refractivity contribution is 9.10. The van der Waals surface area contributed by atoms with Crippen molar-refractivity contribution in [2.24, 2.45) is 5.10 Å². The minimum atomic E-state index is -0.800. The van der Waals surface area contributed by atoms with Gasteiger partial charge in [0.2, 0.25) is 0 Å². The van der Waals surface area contributed by atoms with Gasteiger partial charge in [0.25, 0.3) is 0 Å². The molecule has 0 saturated heterocycles. The summed E-state index contributed by atoms with van der Waals surface area (Å²) < 4.78 is 13.9. The van der Waals surface area contributed by atoms with Gasteiger partial charge in [0.1, 0.15) is 5.82 Å². The third-order valence-corrected chi connectivity index (χ3v) is 4.90. The van der Waals surface area contributed by atoms with Crippen molar-refractivity contribution in [3.8, 4) is 0 Å². The van der Waals surface area contributed by atoms with Gasteiger partial charge in [-0.25, -0.2) is 9.82 Å². The molecule has 6 nitrogen and oxygen atoms in total. The van der Waals surface area contributed by atoms with Crippen LogP contribution in [0.4, 0.5) is 15.8 Å². The van der Waals surface area contributed by atoms with Gasteiger partial charge in [0.15, 0.2) is 0 Å². The molecule has 0 radical (unpaired) electrons. The number of carbonyl (C=O) groups excluding carboxylic acids is 2. The highest BCUT2D eigenvalue weighted by Gasteiger charge is 2.21. The van der Waals surface area contributed by atoms with Crippen LogP contribution in [0.15, 0.2) is 52.0 Å². The Balaban J connectivity index is 1.63. The largest absolute Gasteiger partial charge is 0.355 e. The molecule has 8 heteroatoms. The molecular formula is C20H20BrFN4O2. The quantitative estimate of drug-likeness (QED) is 0.370. The first-order chi connectivity index (χ1) is 13.5. The molecule has 0 atom stereocenters. The normalized spacial score (nSPS) is 14.2. The van der Waals surface area contributed by atoms with Crippen molar-refractivity contribution < 1.29 is 14.0 Å². The van der Waals surface area contributed by atoms with Crippen LogP contribution in [0.1, 0.15) is 31.2 Å². The van der Waals surface area contributed by atoms with Crippen molar-refractivity contribution in [3.63, 3.8) is 0 Å². The zero-order chi connectivity index (χ0) is 19.9. The summed E-state index contributed by atoms with van der Waals surface area (Å²) in [7, 11) is 0. The van der Waals surface area contributed by atoms with Crippen molar-refractivity contribution in [3.05, 3.63) is 58.3 Å². The van der Waals surface area contributed by atoms with E-state index < -0.39 is 11.8 Å². The fourth-order valence-corrected chi connectivity index (χ4v) is 3.35. The van der Waals surface area contributed by atoms with Crippen LogP contribution >= 0.6 is 15.9 Å². The van der Waals surface area contributed by atoms with Gasteiger partial charge in [-0.3, -0.25) is 9.59 Å². The van der Waals surface area contributed by atoms with Crippen LogP contribution in [-0.2, 0) is 9.59 Å². The molecule has 3 rings (SSSR count). The Morgan fingerprint density at radius 1 is 1.07 bits per heavy atom. The molecule has 28 heavy (non-hydrogen) atoms. The first-order valence-electron chi connectivity index (χ1n) is 8.97. The summed E-state index contributed by atoms with van der Waals surface area (Å²) in [6.45, 7) is 0. The fourth-order valence-electron chi connectivity index (χ4n) is 2.98. The Labute approximate surface area is 170 Å². The summed E-state index contributed by atoms with van der Waals surface area (Å²) in [6.07, 6.45) is 5.38. The summed E-state index contributed by atoms with van der Waals surface area (Å²) in [6, 6.07) is 11.5. The molecular weight excluding hydrogens is 427 g/mol. The van der Waals surface area contributed by atoms with Gasteiger partial charge in [0.05, 0.1) is 6.21 Å². The topological polar surface area (TPSA) is 82.6 Å². The Morgan fingerprint density at radius 2 is 1.79 bits per heavy atom. The third-order valence-electron chi connectivity index (χ3n) is 4.40. The zero-order valence-electron chi connectivity index (χ0n) is 15.0. The van der Waals surface area contributed by atoms with E-state index in [0.717, 1.165) is 30.2 Å². The van der Waals surface area contributed by atoms with Gasteiger partial charge in [-0.05, 0) is 55.3 Å². The lowest BCUT2D eigenvalue weighted by atomic mass is 10.2. The lowest BCUT2D eigenvalue weighted by Gasteiger charge is -2.11. The van der Waals surface area contributed by atoms with Gasteiger partial charge >= 0.3 is 11.8 Å². The molecule has 0 aliphatic heterocycles. The first-order valence-corrected chi connectivity index (χ1v) is 9.76. The van der Waals surface area contributed by atoms with Crippen LogP contribution in [0, 0.1) is 5.82 Å². The second-order valence-corrected chi connectivity index (χ2v) is 7.43. The molecule has 1 saturated carbocycles. The van der Waals surface area contributed by atoms with Crippen LogP contribution in [-0.4, -0.2) is 24.1 Å². The highest BCUT2D eigenvalue weighted by atomic mass is 79.9. The number of hydrogen-bond donors (Lipinski definition) is 3. The van der Waals surface area contributed by atoms with E-state index >= 15 is 0 Å². The molecule has 0 unspecified atom stereocenters. The average molecular weight is 447 g/mol. The van der Waals surface area contributed by atoms with Crippen molar-refractivity contribution >= 4 is 45.3 Å². The Morgan fingerprint density at radius 3 is 2.50 bits per heavy atom. The van der Waals surface area contributed by atoms with Crippen molar-refractivity contribution in [2.75, 3.05) is 5.32 Å². The number of nitrogens with zero attached hydrogens (tertiary/aromatic N) is 1. The molecule has 2 aromatic carbocycles. The van der Waals surface area contributed by atoms with E-state index in [1.807, 2.05) is 12.1 Å². The maximum absolute atomic E-state index is 13.1. The Bertz CT molecular complexity index is 880. The number of anilines is 2. The SMILES string of the molecule is O=C(N/N=C\c1cc(Br)ccc1Nc1ccc(F)cc1)C(=O)NC1CCCC1. The molecule has 0 spiro atoms. The number of amides is 2. The summed E-state index contributed by atoms with van der Waals surface area (Å²) in [5, 5.41) is 9.76. The monoisotopic (exact) mass is 446 g/mol. The van der Waals surface area contributed by atoms with E-state index in [4.69, 9.17) is 0 Å². The third kappa shape index (κ3) is 5.63. The van der Waals surface area contributed by atoms with Crippen LogP contribution in [0.5, 0.6) is 0 Å². The summed E-state index contributed by atoms with van der Waals surface area (Å²) >= 11 is 3.39. The van der Waals surface area contributed by atoms with Gasteiger partial charge in [-0.2, -0.15) is 5.10 Å². The number of halogens is 2. The number of carbonyl (C=O) groups is 2. The molecule has 1 fully saturated rings. The second-order valence-electron chi connectivity index (χ2n) is 6.52. The van der Waals surface area contributed by atoms with Gasteiger partial charge in [-0.1, -0.05) is 28.8 Å². The molecule has 0 bridgehead atoms. The zero-order valence-corrected chi connectivity index (χ0v) is 16.6. The van der Waals surface area contributed by atoms with E-state index in [-0.39, 0.29) is 11.9 Å². The van der Waals surface area contributed by atoms with E-state index in [9.17, 15) is 14.0 Å². The standard InChI is InChI=1S/C20H20BrFN4O2/c21-14-5-10-18(24-17-8-6-15(22)7-9-17)13(11-14)12-23-26-20(28)19(27)25-16-3-1-2-4-16/h5-12,16,24H,1-4H2,(H,25,27)(H,26,28)/b23-12-. The molecule has 0 heterocycles. The van der Waals surface area contributed by atoms with Crippen molar-refractivity contribution in [1.29, 1.82) is 0 Å². The maximum atomic E-state index is 13.1. The molecule has 1 aliphatic rings. The predicted molar refractivity (Wildman–Crippen MR) is 110 cm³/mol. The van der Waals surface area contributed by atoms with Crippen LogP contribution < -0.4 is 16.1 Å². The summed E-state index contributed by atoms with van der Waals surface area (Å²) in [5.74, 6) is -1.80. The predicted octanol–water partition coefficient (Wildman–Crippen LogP) is 3.84. The van der Waals surface area contributed by atoms with E-state index in [2.05, 4.69) is 37.1 Å². The lowest BCUT2D eigenvalue weighted by Crippen LogP contribution is -2.42. The number of rotatable bonds is 5. The van der Waals surface area contributed by atoms with Gasteiger partial charge < -0.3 is 10.6 Å². The average Bonchev–Trinajstić information content (AvgIpc) is 3.18. The van der Waals surface area contributed by atoms with Crippen molar-refractivity contribution in [2.45, 2.75) is 31.7 Å². The van der Waals surface area contributed by atoms with Gasteiger partial charge in [0, 0.05) is 27.5 Å². The maximum Gasteiger partial charge on any atom is 0.329 e. The number of hydrazone groups is 1.